The Balaban J connectivity index is 2.51. The van der Waals surface area contributed by atoms with E-state index in [1.165, 1.54) is 6.07 Å². The van der Waals surface area contributed by atoms with Crippen LogP contribution in [0, 0.1) is 0 Å². The Labute approximate surface area is 121 Å². The first kappa shape index (κ1) is 16.6. The average molecular weight is 371 g/mol. The highest BCUT2D eigenvalue weighted by molar-refractivity contribution is 9.10. The summed E-state index contributed by atoms with van der Waals surface area (Å²) in [5, 5.41) is 0. The molecular weight excluding hydrogens is 356 g/mol. The average Bonchev–Trinajstić information content (AvgIpc) is 2.27. The first-order valence-corrected chi connectivity index (χ1v) is 9.58. The summed E-state index contributed by atoms with van der Waals surface area (Å²) in [7, 11) is -6.81. The second-order valence-electron chi connectivity index (χ2n) is 3.85. The van der Waals surface area contributed by atoms with Gasteiger partial charge in [-0.05, 0) is 34.5 Å². The summed E-state index contributed by atoms with van der Waals surface area (Å²) in [6.45, 7) is 0.351. The molecule has 1 aromatic rings. The van der Waals surface area contributed by atoms with Gasteiger partial charge in [0, 0.05) is 17.6 Å². The van der Waals surface area contributed by atoms with Gasteiger partial charge < -0.3 is 0 Å². The quantitative estimate of drug-likeness (QED) is 0.689. The fourth-order valence-electron chi connectivity index (χ4n) is 1.29. The zero-order valence-electron chi connectivity index (χ0n) is 10.3. The Morgan fingerprint density at radius 2 is 1.63 bits per heavy atom. The Hall–Kier alpha value is -0.480. The normalized spacial score (nSPS) is 12.5. The first-order valence-electron chi connectivity index (χ1n) is 5.41. The molecule has 0 atom stereocenters. The molecule has 9 heteroatoms. The van der Waals surface area contributed by atoms with E-state index in [1.807, 2.05) is 0 Å². The highest BCUT2D eigenvalue weighted by Crippen LogP contribution is 2.20. The number of nitrogens with one attached hydrogen (secondary N) is 2. The van der Waals surface area contributed by atoms with Gasteiger partial charge in [-0.25, -0.2) is 26.3 Å². The van der Waals surface area contributed by atoms with Crippen LogP contribution in [0.15, 0.2) is 33.6 Å². The molecule has 19 heavy (non-hydrogen) atoms. The molecular formula is C10H15BrN2O4S2. The lowest BCUT2D eigenvalue weighted by molar-refractivity contribution is 0.574. The molecule has 108 valence electrons. The molecule has 1 rings (SSSR count). The topological polar surface area (TPSA) is 92.3 Å². The summed E-state index contributed by atoms with van der Waals surface area (Å²) in [4.78, 5) is 0.158. The second kappa shape index (κ2) is 6.80. The van der Waals surface area contributed by atoms with Crippen LogP contribution in [0.2, 0.25) is 0 Å². The van der Waals surface area contributed by atoms with Crippen molar-refractivity contribution in [2.24, 2.45) is 0 Å². The summed E-state index contributed by atoms with van der Waals surface area (Å²) in [5.41, 5.74) is 0. The minimum absolute atomic E-state index is 0.158. The SMILES string of the molecule is CS(=O)(=O)NCCCNS(=O)(=O)c1ccccc1Br. The van der Waals surface area contributed by atoms with Crippen LogP contribution >= 0.6 is 15.9 Å². The third-order valence-corrected chi connectivity index (χ3v) is 5.34. The number of halogens is 1. The van der Waals surface area contributed by atoms with Gasteiger partial charge in [0.25, 0.3) is 0 Å². The zero-order valence-corrected chi connectivity index (χ0v) is 13.5. The van der Waals surface area contributed by atoms with Crippen molar-refractivity contribution in [3.05, 3.63) is 28.7 Å². The van der Waals surface area contributed by atoms with Crippen LogP contribution in [0.5, 0.6) is 0 Å². The van der Waals surface area contributed by atoms with Crippen LogP contribution in [-0.4, -0.2) is 36.2 Å². The number of sulfonamides is 2. The molecule has 0 radical (unpaired) electrons. The van der Waals surface area contributed by atoms with Gasteiger partial charge >= 0.3 is 0 Å². The van der Waals surface area contributed by atoms with Gasteiger partial charge in [0.1, 0.15) is 0 Å². The standard InChI is InChI=1S/C10H15BrN2O4S2/c1-18(14,15)12-7-4-8-13-19(16,17)10-6-3-2-5-9(10)11/h2-3,5-6,12-13H,4,7-8H2,1H3. The molecule has 0 saturated carbocycles. The maximum absolute atomic E-state index is 11.9. The zero-order chi connectivity index (χ0) is 14.5. The summed E-state index contributed by atoms with van der Waals surface area (Å²) in [6, 6.07) is 6.48. The largest absolute Gasteiger partial charge is 0.241 e. The van der Waals surface area contributed by atoms with E-state index in [0.717, 1.165) is 6.26 Å². The molecule has 0 bridgehead atoms. The van der Waals surface area contributed by atoms with Crippen molar-refractivity contribution in [2.45, 2.75) is 11.3 Å². The number of hydrogen-bond acceptors (Lipinski definition) is 4. The molecule has 0 aromatic heterocycles. The molecule has 0 spiro atoms. The molecule has 1 aromatic carbocycles. The summed E-state index contributed by atoms with van der Waals surface area (Å²) >= 11 is 3.17. The molecule has 0 fully saturated rings. The van der Waals surface area contributed by atoms with E-state index in [0.29, 0.717) is 10.9 Å². The molecule has 0 saturated heterocycles. The highest BCUT2D eigenvalue weighted by Gasteiger charge is 2.15. The van der Waals surface area contributed by atoms with E-state index in [-0.39, 0.29) is 18.0 Å². The van der Waals surface area contributed by atoms with Crippen molar-refractivity contribution in [1.82, 2.24) is 9.44 Å². The molecule has 0 heterocycles. The van der Waals surface area contributed by atoms with Gasteiger partial charge in [-0.1, -0.05) is 12.1 Å². The van der Waals surface area contributed by atoms with Crippen molar-refractivity contribution in [3.8, 4) is 0 Å². The third kappa shape index (κ3) is 6.00. The van der Waals surface area contributed by atoms with E-state index < -0.39 is 20.0 Å². The van der Waals surface area contributed by atoms with Gasteiger partial charge in [-0.15, -0.1) is 0 Å². The monoisotopic (exact) mass is 370 g/mol. The van der Waals surface area contributed by atoms with E-state index in [9.17, 15) is 16.8 Å². The van der Waals surface area contributed by atoms with Crippen LogP contribution < -0.4 is 9.44 Å². The van der Waals surface area contributed by atoms with Gasteiger partial charge in [0.2, 0.25) is 20.0 Å². The van der Waals surface area contributed by atoms with Gasteiger partial charge in [-0.2, -0.15) is 0 Å². The van der Waals surface area contributed by atoms with E-state index in [4.69, 9.17) is 0 Å². The number of benzene rings is 1. The number of hydrogen-bond donors (Lipinski definition) is 2. The van der Waals surface area contributed by atoms with Crippen LogP contribution in [0.1, 0.15) is 6.42 Å². The van der Waals surface area contributed by atoms with Crippen molar-refractivity contribution < 1.29 is 16.8 Å². The van der Waals surface area contributed by atoms with Gasteiger partial charge in [0.15, 0.2) is 0 Å². The van der Waals surface area contributed by atoms with E-state index in [2.05, 4.69) is 25.4 Å². The summed E-state index contributed by atoms with van der Waals surface area (Å²) in [5.74, 6) is 0. The third-order valence-electron chi connectivity index (χ3n) is 2.14. The van der Waals surface area contributed by atoms with Crippen molar-refractivity contribution >= 4 is 36.0 Å². The van der Waals surface area contributed by atoms with Crippen molar-refractivity contribution in [2.75, 3.05) is 19.3 Å². The van der Waals surface area contributed by atoms with Crippen LogP contribution in [0.4, 0.5) is 0 Å². The molecule has 6 nitrogen and oxygen atoms in total. The fourth-order valence-corrected chi connectivity index (χ4v) is 3.88. The van der Waals surface area contributed by atoms with E-state index in [1.54, 1.807) is 18.2 Å². The second-order valence-corrected chi connectivity index (χ2v) is 8.27. The van der Waals surface area contributed by atoms with Crippen molar-refractivity contribution in [3.63, 3.8) is 0 Å². The maximum atomic E-state index is 11.9. The molecule has 0 unspecified atom stereocenters. The predicted molar refractivity (Wildman–Crippen MR) is 76.8 cm³/mol. The number of rotatable bonds is 7. The van der Waals surface area contributed by atoms with Crippen LogP contribution in [0.3, 0.4) is 0 Å². The lowest BCUT2D eigenvalue weighted by Crippen LogP contribution is -2.29. The summed E-state index contributed by atoms with van der Waals surface area (Å²) < 4.78 is 50.6. The molecule has 2 N–H and O–H groups in total. The Kier molecular flexibility index (Phi) is 5.93. The fraction of sp³-hybridized carbons (Fsp3) is 0.400. The highest BCUT2D eigenvalue weighted by atomic mass is 79.9. The molecule has 0 aliphatic rings. The summed E-state index contributed by atoms with van der Waals surface area (Å²) in [6.07, 6.45) is 1.43. The minimum atomic E-state index is -3.58. The van der Waals surface area contributed by atoms with Gasteiger partial charge in [0.05, 0.1) is 11.2 Å². The lowest BCUT2D eigenvalue weighted by Gasteiger charge is -2.08. The van der Waals surface area contributed by atoms with Gasteiger partial charge in [-0.3, -0.25) is 0 Å². The Bertz CT molecular complexity index is 629. The Morgan fingerprint density at radius 1 is 1.05 bits per heavy atom. The molecule has 0 amide bonds. The first-order chi connectivity index (χ1) is 8.72. The van der Waals surface area contributed by atoms with Crippen LogP contribution in [-0.2, 0) is 20.0 Å². The van der Waals surface area contributed by atoms with Crippen LogP contribution in [0.25, 0.3) is 0 Å². The molecule has 0 aliphatic heterocycles. The Morgan fingerprint density at radius 3 is 2.21 bits per heavy atom. The molecule has 0 aliphatic carbocycles. The maximum Gasteiger partial charge on any atom is 0.241 e. The van der Waals surface area contributed by atoms with Crippen molar-refractivity contribution in [1.29, 1.82) is 0 Å². The predicted octanol–water partition coefficient (Wildman–Crippen LogP) is 0.667. The van der Waals surface area contributed by atoms with E-state index >= 15 is 0 Å². The minimum Gasteiger partial charge on any atom is -0.215 e. The lowest BCUT2D eigenvalue weighted by atomic mass is 10.4. The smallest absolute Gasteiger partial charge is 0.215 e.